The molecule has 1 aromatic carbocycles. The van der Waals surface area contributed by atoms with Gasteiger partial charge in [-0.3, -0.25) is 0 Å². The first-order chi connectivity index (χ1) is 10.2. The van der Waals surface area contributed by atoms with E-state index in [9.17, 15) is 0 Å². The van der Waals surface area contributed by atoms with Crippen molar-refractivity contribution in [2.24, 2.45) is 10.7 Å². The maximum absolute atomic E-state index is 6.07. The first kappa shape index (κ1) is 15.5. The van der Waals surface area contributed by atoms with Crippen LogP contribution in [-0.4, -0.2) is 37.7 Å². The number of nitrogens with two attached hydrogens (primary N) is 1. The van der Waals surface area contributed by atoms with Crippen molar-refractivity contribution in [3.63, 3.8) is 0 Å². The second-order valence-corrected chi connectivity index (χ2v) is 5.14. The van der Waals surface area contributed by atoms with E-state index < -0.39 is 0 Å². The quantitative estimate of drug-likeness (QED) is 0.668. The van der Waals surface area contributed by atoms with E-state index >= 15 is 0 Å². The van der Waals surface area contributed by atoms with Gasteiger partial charge in [0.2, 0.25) is 0 Å². The Balaban J connectivity index is 2.03. The zero-order chi connectivity index (χ0) is 15.1. The fraction of sp³-hybridized carbons (Fsp3) is 0.562. The van der Waals surface area contributed by atoms with Gasteiger partial charge in [-0.2, -0.15) is 0 Å². The molecule has 116 valence electrons. The third-order valence-corrected chi connectivity index (χ3v) is 3.63. The summed E-state index contributed by atoms with van der Waals surface area (Å²) in [6, 6.07) is 5.87. The van der Waals surface area contributed by atoms with Crippen molar-refractivity contribution in [2.45, 2.75) is 32.7 Å². The van der Waals surface area contributed by atoms with Gasteiger partial charge >= 0.3 is 0 Å². The Labute approximate surface area is 126 Å². The average Bonchev–Trinajstić information content (AvgIpc) is 2.54. The Morgan fingerprint density at radius 3 is 2.67 bits per heavy atom. The second-order valence-electron chi connectivity index (χ2n) is 5.14. The summed E-state index contributed by atoms with van der Waals surface area (Å²) in [6.07, 6.45) is 3.69. The summed E-state index contributed by atoms with van der Waals surface area (Å²) in [5, 5.41) is 0. The zero-order valence-corrected chi connectivity index (χ0v) is 13.0. The molecule has 0 saturated carbocycles. The van der Waals surface area contributed by atoms with Crippen LogP contribution in [0.1, 0.15) is 31.7 Å². The molecule has 0 atom stereocenters. The number of ether oxygens (including phenoxy) is 2. The molecule has 1 saturated heterocycles. The van der Waals surface area contributed by atoms with E-state index in [0.717, 1.165) is 30.2 Å². The number of hydrogen-bond acceptors (Lipinski definition) is 3. The fourth-order valence-corrected chi connectivity index (χ4v) is 2.48. The molecular weight excluding hydrogens is 266 g/mol. The molecule has 0 amide bonds. The molecule has 0 radical (unpaired) electrons. The molecule has 1 aliphatic rings. The number of piperidine rings is 1. The van der Waals surface area contributed by atoms with E-state index in [1.807, 2.05) is 25.1 Å². The van der Waals surface area contributed by atoms with Crippen LogP contribution in [0.3, 0.4) is 0 Å². The first-order valence-electron chi connectivity index (χ1n) is 7.59. The van der Waals surface area contributed by atoms with Crippen molar-refractivity contribution >= 4 is 5.96 Å². The van der Waals surface area contributed by atoms with E-state index in [1.54, 1.807) is 7.11 Å². The van der Waals surface area contributed by atoms with Crippen molar-refractivity contribution in [3.8, 4) is 11.5 Å². The molecule has 0 aliphatic carbocycles. The fourth-order valence-electron chi connectivity index (χ4n) is 2.48. The SMILES string of the molecule is CCOc1cc(CN=C(N)N2CCCCC2)ccc1OC. The molecule has 5 nitrogen and oxygen atoms in total. The van der Waals surface area contributed by atoms with Crippen molar-refractivity contribution < 1.29 is 9.47 Å². The Morgan fingerprint density at radius 2 is 2.00 bits per heavy atom. The zero-order valence-electron chi connectivity index (χ0n) is 13.0. The van der Waals surface area contributed by atoms with E-state index in [0.29, 0.717) is 19.1 Å². The van der Waals surface area contributed by atoms with Gasteiger partial charge < -0.3 is 20.1 Å². The van der Waals surface area contributed by atoms with Gasteiger partial charge in [0.15, 0.2) is 17.5 Å². The standard InChI is InChI=1S/C16H25N3O2/c1-3-21-15-11-13(7-8-14(15)20-2)12-18-16(17)19-9-5-4-6-10-19/h7-8,11H,3-6,9-10,12H2,1-2H3,(H2,17,18). The van der Waals surface area contributed by atoms with Crippen LogP contribution in [0.2, 0.25) is 0 Å². The molecule has 2 rings (SSSR count). The molecule has 1 fully saturated rings. The first-order valence-corrected chi connectivity index (χ1v) is 7.59. The smallest absolute Gasteiger partial charge is 0.191 e. The van der Waals surface area contributed by atoms with E-state index in [2.05, 4.69) is 9.89 Å². The third-order valence-electron chi connectivity index (χ3n) is 3.63. The summed E-state index contributed by atoms with van der Waals surface area (Å²) in [7, 11) is 1.64. The minimum Gasteiger partial charge on any atom is -0.493 e. The average molecular weight is 291 g/mol. The molecule has 1 aromatic rings. The maximum atomic E-state index is 6.07. The summed E-state index contributed by atoms with van der Waals surface area (Å²) in [6.45, 7) is 5.16. The lowest BCUT2D eigenvalue weighted by Gasteiger charge is -2.27. The molecule has 1 aliphatic heterocycles. The lowest BCUT2D eigenvalue weighted by Crippen LogP contribution is -2.40. The number of rotatable bonds is 5. The Bertz CT molecular complexity index is 482. The van der Waals surface area contributed by atoms with Crippen molar-refractivity contribution in [1.82, 2.24) is 4.90 Å². The molecule has 21 heavy (non-hydrogen) atoms. The predicted molar refractivity (Wildman–Crippen MR) is 84.9 cm³/mol. The van der Waals surface area contributed by atoms with Crippen LogP contribution in [0.4, 0.5) is 0 Å². The highest BCUT2D eigenvalue weighted by Gasteiger charge is 2.12. The van der Waals surface area contributed by atoms with Gasteiger partial charge in [0.25, 0.3) is 0 Å². The van der Waals surface area contributed by atoms with Gasteiger partial charge in [0, 0.05) is 13.1 Å². The summed E-state index contributed by atoms with van der Waals surface area (Å²) in [5.41, 5.74) is 7.14. The van der Waals surface area contributed by atoms with Crippen LogP contribution in [0.25, 0.3) is 0 Å². The van der Waals surface area contributed by atoms with Crippen molar-refractivity contribution in [1.29, 1.82) is 0 Å². The predicted octanol–water partition coefficient (Wildman–Crippen LogP) is 2.39. The number of hydrogen-bond donors (Lipinski definition) is 1. The molecule has 0 unspecified atom stereocenters. The Morgan fingerprint density at radius 1 is 1.24 bits per heavy atom. The lowest BCUT2D eigenvalue weighted by molar-refractivity contribution is 0.310. The molecule has 1 heterocycles. The van der Waals surface area contributed by atoms with Gasteiger partial charge in [-0.05, 0) is 43.9 Å². The molecule has 0 bridgehead atoms. The highest BCUT2D eigenvalue weighted by atomic mass is 16.5. The minimum absolute atomic E-state index is 0.562. The van der Waals surface area contributed by atoms with Gasteiger partial charge in [-0.25, -0.2) is 4.99 Å². The lowest BCUT2D eigenvalue weighted by atomic mass is 10.1. The molecule has 5 heteroatoms. The van der Waals surface area contributed by atoms with Gasteiger partial charge in [0.1, 0.15) is 0 Å². The van der Waals surface area contributed by atoms with Crippen LogP contribution in [0.15, 0.2) is 23.2 Å². The number of methoxy groups -OCH3 is 1. The highest BCUT2D eigenvalue weighted by Crippen LogP contribution is 2.28. The second kappa shape index (κ2) is 7.76. The number of nitrogens with zero attached hydrogens (tertiary/aromatic N) is 2. The van der Waals surface area contributed by atoms with Crippen LogP contribution in [0, 0.1) is 0 Å². The van der Waals surface area contributed by atoms with Crippen molar-refractivity contribution in [3.05, 3.63) is 23.8 Å². The van der Waals surface area contributed by atoms with E-state index in [1.165, 1.54) is 19.3 Å². The summed E-state index contributed by atoms with van der Waals surface area (Å²) in [4.78, 5) is 6.66. The molecule has 2 N–H and O–H groups in total. The van der Waals surface area contributed by atoms with Gasteiger partial charge in [-0.15, -0.1) is 0 Å². The monoisotopic (exact) mass is 291 g/mol. The summed E-state index contributed by atoms with van der Waals surface area (Å²) < 4.78 is 10.9. The van der Waals surface area contributed by atoms with Crippen LogP contribution in [0.5, 0.6) is 11.5 Å². The number of aliphatic imine (C=N–C) groups is 1. The molecular formula is C16H25N3O2. The number of likely N-dealkylation sites (tertiary alicyclic amines) is 1. The van der Waals surface area contributed by atoms with Crippen LogP contribution in [-0.2, 0) is 6.54 Å². The Hall–Kier alpha value is -1.91. The largest absolute Gasteiger partial charge is 0.493 e. The summed E-state index contributed by atoms with van der Waals surface area (Å²) >= 11 is 0. The topological polar surface area (TPSA) is 60.1 Å². The minimum atomic E-state index is 0.562. The van der Waals surface area contributed by atoms with Crippen LogP contribution < -0.4 is 15.2 Å². The van der Waals surface area contributed by atoms with Gasteiger partial charge in [-0.1, -0.05) is 6.07 Å². The van der Waals surface area contributed by atoms with Crippen molar-refractivity contribution in [2.75, 3.05) is 26.8 Å². The highest BCUT2D eigenvalue weighted by molar-refractivity contribution is 5.78. The van der Waals surface area contributed by atoms with E-state index in [4.69, 9.17) is 15.2 Å². The molecule has 0 spiro atoms. The number of guanidine groups is 1. The maximum Gasteiger partial charge on any atom is 0.191 e. The van der Waals surface area contributed by atoms with Gasteiger partial charge in [0.05, 0.1) is 20.3 Å². The summed E-state index contributed by atoms with van der Waals surface area (Å²) in [5.74, 6) is 2.14. The van der Waals surface area contributed by atoms with Crippen LogP contribution >= 0.6 is 0 Å². The third kappa shape index (κ3) is 4.28. The Kier molecular flexibility index (Phi) is 5.72. The number of benzene rings is 1. The van der Waals surface area contributed by atoms with E-state index in [-0.39, 0.29) is 0 Å². The molecule has 0 aromatic heterocycles. The normalized spacial score (nSPS) is 15.9.